The molecule has 0 unspecified atom stereocenters. The number of carboxylic acids is 1. The van der Waals surface area contributed by atoms with Gasteiger partial charge in [0.2, 0.25) is 5.91 Å². The molecule has 1 aliphatic rings. The van der Waals surface area contributed by atoms with Crippen LogP contribution in [0, 0.1) is 5.41 Å². The lowest BCUT2D eigenvalue weighted by molar-refractivity contribution is -0.153. The van der Waals surface area contributed by atoms with E-state index in [-0.39, 0.29) is 19.1 Å². The van der Waals surface area contributed by atoms with Crippen molar-refractivity contribution in [1.29, 1.82) is 0 Å². The van der Waals surface area contributed by atoms with Gasteiger partial charge in [0.05, 0.1) is 6.61 Å². The summed E-state index contributed by atoms with van der Waals surface area (Å²) in [6.07, 6.45) is 2.63. The van der Waals surface area contributed by atoms with Gasteiger partial charge in [0.25, 0.3) is 0 Å². The number of amides is 1. The third-order valence-electron chi connectivity index (χ3n) is 3.01. The first-order chi connectivity index (χ1) is 7.58. The number of hydrogen-bond acceptors (Lipinski definition) is 3. The Morgan fingerprint density at radius 2 is 1.94 bits per heavy atom. The smallest absolute Gasteiger partial charge is 0.319 e. The van der Waals surface area contributed by atoms with E-state index in [1.165, 1.54) is 4.90 Å². The van der Waals surface area contributed by atoms with Gasteiger partial charge in [-0.15, -0.1) is 0 Å². The maximum Gasteiger partial charge on any atom is 0.319 e. The zero-order chi connectivity index (χ0) is 12.2. The van der Waals surface area contributed by atoms with Crippen molar-refractivity contribution in [2.75, 3.05) is 19.7 Å². The van der Waals surface area contributed by atoms with Crippen LogP contribution in [0.4, 0.5) is 0 Å². The molecule has 0 atom stereocenters. The highest BCUT2D eigenvalue weighted by Gasteiger charge is 2.58. The molecule has 1 rings (SSSR count). The molecular formula is C11H19NO4. The van der Waals surface area contributed by atoms with Gasteiger partial charge in [-0.25, -0.2) is 0 Å². The maximum absolute atomic E-state index is 12.0. The van der Waals surface area contributed by atoms with Crippen molar-refractivity contribution in [3.8, 4) is 0 Å². The molecule has 1 aliphatic carbocycles. The molecule has 0 heterocycles. The van der Waals surface area contributed by atoms with Gasteiger partial charge in [0, 0.05) is 13.1 Å². The Morgan fingerprint density at radius 3 is 2.31 bits per heavy atom. The van der Waals surface area contributed by atoms with Crippen molar-refractivity contribution in [2.45, 2.75) is 32.6 Å². The van der Waals surface area contributed by atoms with Crippen LogP contribution < -0.4 is 0 Å². The van der Waals surface area contributed by atoms with Crippen molar-refractivity contribution in [3.05, 3.63) is 0 Å². The molecule has 16 heavy (non-hydrogen) atoms. The molecule has 0 radical (unpaired) electrons. The lowest BCUT2D eigenvalue weighted by atomic mass is 10.1. The van der Waals surface area contributed by atoms with Gasteiger partial charge in [-0.05, 0) is 19.3 Å². The molecule has 2 N–H and O–H groups in total. The summed E-state index contributed by atoms with van der Waals surface area (Å²) < 4.78 is 0. The normalized spacial score (nSPS) is 16.9. The molecule has 1 amide bonds. The molecular weight excluding hydrogens is 210 g/mol. The largest absolute Gasteiger partial charge is 0.480 e. The molecule has 0 aromatic heterocycles. The van der Waals surface area contributed by atoms with E-state index >= 15 is 0 Å². The molecule has 5 heteroatoms. The van der Waals surface area contributed by atoms with E-state index in [1.54, 1.807) is 0 Å². The second kappa shape index (κ2) is 5.30. The predicted molar refractivity (Wildman–Crippen MR) is 57.9 cm³/mol. The highest BCUT2D eigenvalue weighted by Crippen LogP contribution is 2.47. The third-order valence-corrected chi connectivity index (χ3v) is 3.01. The summed E-state index contributed by atoms with van der Waals surface area (Å²) in [5.41, 5.74) is -1.18. The summed E-state index contributed by atoms with van der Waals surface area (Å²) >= 11 is 0. The second-order valence-corrected chi connectivity index (χ2v) is 4.26. The predicted octanol–water partition coefficient (Wildman–Crippen LogP) is 0.472. The molecule has 0 aliphatic heterocycles. The first-order valence-electron chi connectivity index (χ1n) is 5.72. The Hall–Kier alpha value is -1.10. The Balaban J connectivity index is 2.63. The number of aliphatic hydroxyl groups excluding tert-OH is 1. The van der Waals surface area contributed by atoms with Gasteiger partial charge in [0.1, 0.15) is 5.41 Å². The summed E-state index contributed by atoms with van der Waals surface area (Å²) in [6.45, 7) is 2.65. The number of unbranched alkanes of at least 4 members (excludes halogenated alkanes) is 1. The van der Waals surface area contributed by atoms with Gasteiger partial charge in [0.15, 0.2) is 0 Å². The Kier molecular flexibility index (Phi) is 4.29. The minimum atomic E-state index is -1.18. The molecule has 0 aromatic carbocycles. The zero-order valence-corrected chi connectivity index (χ0v) is 9.61. The summed E-state index contributed by atoms with van der Waals surface area (Å²) in [4.78, 5) is 24.5. The number of aliphatic hydroxyl groups is 1. The van der Waals surface area contributed by atoms with E-state index in [0.29, 0.717) is 19.4 Å². The Labute approximate surface area is 95.1 Å². The first kappa shape index (κ1) is 13.0. The van der Waals surface area contributed by atoms with Crippen LogP contribution >= 0.6 is 0 Å². The van der Waals surface area contributed by atoms with Gasteiger partial charge in [-0.3, -0.25) is 9.59 Å². The van der Waals surface area contributed by atoms with E-state index < -0.39 is 11.4 Å². The average molecular weight is 229 g/mol. The summed E-state index contributed by atoms with van der Waals surface area (Å²) in [5.74, 6) is -1.36. The number of nitrogens with zero attached hydrogens (tertiary/aromatic N) is 1. The fraction of sp³-hybridized carbons (Fsp3) is 0.818. The zero-order valence-electron chi connectivity index (χ0n) is 9.61. The average Bonchev–Trinajstić information content (AvgIpc) is 3.04. The van der Waals surface area contributed by atoms with E-state index in [9.17, 15) is 9.59 Å². The molecule has 0 spiro atoms. The highest BCUT2D eigenvalue weighted by atomic mass is 16.4. The Morgan fingerprint density at radius 1 is 1.31 bits per heavy atom. The van der Waals surface area contributed by atoms with Gasteiger partial charge in [-0.1, -0.05) is 13.3 Å². The highest BCUT2D eigenvalue weighted by molar-refractivity contribution is 6.04. The van der Waals surface area contributed by atoms with Crippen molar-refractivity contribution in [2.24, 2.45) is 5.41 Å². The standard InChI is InChI=1S/C11H19NO4/c1-2-3-6-12(7-8-13)9(14)11(4-5-11)10(15)16/h13H,2-8H2,1H3,(H,15,16). The van der Waals surface area contributed by atoms with Crippen LogP contribution in [-0.2, 0) is 9.59 Å². The monoisotopic (exact) mass is 229 g/mol. The van der Waals surface area contributed by atoms with Crippen LogP contribution in [0.25, 0.3) is 0 Å². The number of hydrogen-bond donors (Lipinski definition) is 2. The van der Waals surface area contributed by atoms with Gasteiger partial charge < -0.3 is 15.1 Å². The third kappa shape index (κ3) is 2.52. The van der Waals surface area contributed by atoms with E-state index in [4.69, 9.17) is 10.2 Å². The van der Waals surface area contributed by atoms with Crippen molar-refractivity contribution >= 4 is 11.9 Å². The maximum atomic E-state index is 12.0. The van der Waals surface area contributed by atoms with Crippen molar-refractivity contribution in [3.63, 3.8) is 0 Å². The van der Waals surface area contributed by atoms with E-state index in [1.807, 2.05) is 6.92 Å². The summed E-state index contributed by atoms with van der Waals surface area (Å²) in [5, 5.41) is 17.9. The SMILES string of the molecule is CCCCN(CCO)C(=O)C1(C(=O)O)CC1. The quantitative estimate of drug-likeness (QED) is 0.622. The fourth-order valence-corrected chi connectivity index (χ4v) is 1.73. The first-order valence-corrected chi connectivity index (χ1v) is 5.72. The number of rotatable bonds is 7. The summed E-state index contributed by atoms with van der Waals surface area (Å²) in [6, 6.07) is 0. The van der Waals surface area contributed by atoms with Crippen LogP contribution in [0.3, 0.4) is 0 Å². The molecule has 0 saturated heterocycles. The van der Waals surface area contributed by atoms with Crippen LogP contribution in [-0.4, -0.2) is 46.7 Å². The van der Waals surface area contributed by atoms with Crippen LogP contribution in [0.1, 0.15) is 32.6 Å². The molecule has 1 fully saturated rings. The molecule has 0 aromatic rings. The topological polar surface area (TPSA) is 77.8 Å². The second-order valence-electron chi connectivity index (χ2n) is 4.26. The lowest BCUT2D eigenvalue weighted by Crippen LogP contribution is -2.42. The van der Waals surface area contributed by atoms with E-state index in [0.717, 1.165) is 12.8 Å². The molecule has 1 saturated carbocycles. The molecule has 92 valence electrons. The number of aliphatic carboxylic acids is 1. The Bertz CT molecular complexity index is 273. The number of carbonyl (C=O) groups excluding carboxylic acids is 1. The fourth-order valence-electron chi connectivity index (χ4n) is 1.73. The van der Waals surface area contributed by atoms with Crippen LogP contribution in [0.2, 0.25) is 0 Å². The minimum Gasteiger partial charge on any atom is -0.480 e. The van der Waals surface area contributed by atoms with Crippen LogP contribution in [0.5, 0.6) is 0 Å². The minimum absolute atomic E-state index is 0.120. The van der Waals surface area contributed by atoms with Gasteiger partial charge in [-0.2, -0.15) is 0 Å². The lowest BCUT2D eigenvalue weighted by Gasteiger charge is -2.24. The van der Waals surface area contributed by atoms with Gasteiger partial charge >= 0.3 is 5.97 Å². The van der Waals surface area contributed by atoms with Crippen molar-refractivity contribution < 1.29 is 19.8 Å². The number of carbonyl (C=O) groups is 2. The van der Waals surface area contributed by atoms with Crippen molar-refractivity contribution in [1.82, 2.24) is 4.90 Å². The number of carboxylic acid groups (broad SMARTS) is 1. The summed E-state index contributed by atoms with van der Waals surface area (Å²) in [7, 11) is 0. The molecule has 5 nitrogen and oxygen atoms in total. The van der Waals surface area contributed by atoms with Crippen LogP contribution in [0.15, 0.2) is 0 Å². The van der Waals surface area contributed by atoms with E-state index in [2.05, 4.69) is 0 Å². The molecule has 0 bridgehead atoms.